The largest absolute Gasteiger partial charge is 0.490 e. The molecule has 9 nitrogen and oxygen atoms in total. The van der Waals surface area contributed by atoms with Gasteiger partial charge in [0.1, 0.15) is 11.4 Å². The Balaban J connectivity index is 1.36. The Morgan fingerprint density at radius 1 is 1.12 bits per heavy atom. The minimum Gasteiger partial charge on any atom is -0.490 e. The second kappa shape index (κ2) is 12.8. The van der Waals surface area contributed by atoms with E-state index in [4.69, 9.17) is 26.1 Å². The van der Waals surface area contributed by atoms with Crippen molar-refractivity contribution in [1.82, 2.24) is 14.7 Å². The summed E-state index contributed by atoms with van der Waals surface area (Å²) >= 11 is 6.46. The smallest absolute Gasteiger partial charge is 0.264 e. The topological polar surface area (TPSA) is 111 Å². The number of halogens is 1. The minimum atomic E-state index is -3.97. The molecule has 1 spiro atoms. The lowest BCUT2D eigenvalue weighted by Gasteiger charge is -2.50. The van der Waals surface area contributed by atoms with E-state index in [9.17, 15) is 13.2 Å². The number of hydrogen-bond donors (Lipinski definition) is 1. The summed E-state index contributed by atoms with van der Waals surface area (Å²) < 4.78 is 42.4. The molecule has 7 rings (SSSR count). The van der Waals surface area contributed by atoms with Crippen molar-refractivity contribution < 1.29 is 22.7 Å². The number of sulfonamides is 1. The van der Waals surface area contributed by atoms with Gasteiger partial charge < -0.3 is 14.4 Å². The van der Waals surface area contributed by atoms with Gasteiger partial charge in [0.05, 0.1) is 29.4 Å². The molecule has 2 aromatic carbocycles. The maximum Gasteiger partial charge on any atom is 0.264 e. The van der Waals surface area contributed by atoms with Gasteiger partial charge >= 0.3 is 0 Å². The molecule has 2 bridgehead atoms. The second-order valence-corrected chi connectivity index (χ2v) is 16.6. The number of methoxy groups -OCH3 is 1. The number of carbonyl (C=O) groups is 1. The van der Waals surface area contributed by atoms with Crippen LogP contribution in [0, 0.1) is 17.8 Å². The highest BCUT2D eigenvalue weighted by Crippen LogP contribution is 2.51. The van der Waals surface area contributed by atoms with Crippen molar-refractivity contribution in [3.8, 4) is 5.75 Å². The third-order valence-corrected chi connectivity index (χ3v) is 13.6. The molecule has 0 radical (unpaired) electrons. The molecule has 48 heavy (non-hydrogen) atoms. The number of rotatable bonds is 2. The third-order valence-electron chi connectivity index (χ3n) is 11.4. The van der Waals surface area contributed by atoms with Gasteiger partial charge in [-0.15, -0.1) is 0 Å². The molecular weight excluding hydrogens is 648 g/mol. The number of aryl methyl sites for hydroxylation is 1. The molecule has 1 saturated carbocycles. The Hall–Kier alpha value is -3.47. The molecule has 1 N–H and O–H groups in total. The number of benzene rings is 2. The molecule has 0 saturated heterocycles. The Kier molecular flexibility index (Phi) is 8.79. The normalized spacial score (nSPS) is 32.1. The van der Waals surface area contributed by atoms with Crippen molar-refractivity contribution >= 4 is 33.2 Å². The Morgan fingerprint density at radius 3 is 2.73 bits per heavy atom. The maximum atomic E-state index is 13.5. The van der Waals surface area contributed by atoms with Crippen LogP contribution >= 0.6 is 11.6 Å². The highest BCUT2D eigenvalue weighted by atomic mass is 35.5. The molecule has 1 aromatic heterocycles. The molecular formula is C37H43ClN4O5S. The summed E-state index contributed by atoms with van der Waals surface area (Å²) in [6, 6.07) is 11.5. The number of hydrogen-bond acceptors (Lipinski definition) is 8. The highest BCUT2D eigenvalue weighted by Gasteiger charge is 2.50. The van der Waals surface area contributed by atoms with E-state index in [1.807, 2.05) is 25.1 Å². The van der Waals surface area contributed by atoms with Gasteiger partial charge in [0.15, 0.2) is 0 Å². The number of ether oxygens (including phenoxy) is 2. The van der Waals surface area contributed by atoms with Crippen LogP contribution in [0.4, 0.5) is 5.69 Å². The number of amides is 1. The summed E-state index contributed by atoms with van der Waals surface area (Å²) in [7, 11) is -2.25. The first-order valence-electron chi connectivity index (χ1n) is 16.9. The van der Waals surface area contributed by atoms with Gasteiger partial charge in [-0.2, -0.15) is 0 Å². The van der Waals surface area contributed by atoms with Crippen molar-refractivity contribution in [3.05, 3.63) is 94.5 Å². The average molecular weight is 691 g/mol. The van der Waals surface area contributed by atoms with Gasteiger partial charge in [-0.1, -0.05) is 36.7 Å². The zero-order valence-electron chi connectivity index (χ0n) is 27.7. The van der Waals surface area contributed by atoms with E-state index in [1.165, 1.54) is 11.1 Å². The number of allylic oxidation sites excluding steroid dienone is 1. The van der Waals surface area contributed by atoms with E-state index >= 15 is 0 Å². The quantitative estimate of drug-likeness (QED) is 0.316. The van der Waals surface area contributed by atoms with Gasteiger partial charge in [-0.25, -0.2) is 13.1 Å². The van der Waals surface area contributed by atoms with Crippen molar-refractivity contribution in [2.75, 3.05) is 31.7 Å². The zero-order chi connectivity index (χ0) is 33.7. The molecule has 0 unspecified atom stereocenters. The number of nitrogens with zero attached hydrogens (tertiary/aromatic N) is 3. The number of aromatic nitrogens is 2. The standard InChI is InChI=1S/C37H43ClN4O5S/c1-24-6-4-15-37(46-3,34-20-39-16-17-40-34)31-11-8-28(31)21-42-22-36(14-5-7-26-18-29(38)10-12-30(26)36)23-47-33-13-9-27(19-32(33)42)35(43)41-48(44,45)25(24)2/h4,9-10,12-13,15-20,24-25,28,31H,5-8,11,14,21-23H2,1-3H3,(H,41,43)/b15-4+/t24-,25+,28-,31+,36-,37-/m0/s1. The van der Waals surface area contributed by atoms with Crippen molar-refractivity contribution in [2.24, 2.45) is 17.8 Å². The van der Waals surface area contributed by atoms with Crippen LogP contribution in [0.25, 0.3) is 0 Å². The van der Waals surface area contributed by atoms with Gasteiger partial charge in [0.25, 0.3) is 5.91 Å². The van der Waals surface area contributed by atoms with E-state index in [1.54, 1.807) is 44.8 Å². The van der Waals surface area contributed by atoms with Crippen LogP contribution in [0.5, 0.6) is 5.75 Å². The van der Waals surface area contributed by atoms with E-state index < -0.39 is 26.8 Å². The molecule has 3 heterocycles. The van der Waals surface area contributed by atoms with Crippen molar-refractivity contribution in [2.45, 2.75) is 68.6 Å². The summed E-state index contributed by atoms with van der Waals surface area (Å²) in [6.45, 7) is 5.39. The monoisotopic (exact) mass is 690 g/mol. The van der Waals surface area contributed by atoms with Gasteiger partial charge in [-0.3, -0.25) is 14.8 Å². The lowest BCUT2D eigenvalue weighted by Crippen LogP contribution is -2.52. The van der Waals surface area contributed by atoms with Crippen LogP contribution < -0.4 is 14.4 Å². The third kappa shape index (κ3) is 5.79. The van der Waals surface area contributed by atoms with Crippen LogP contribution in [-0.4, -0.2) is 56.3 Å². The van der Waals surface area contributed by atoms with Gasteiger partial charge in [0, 0.05) is 54.5 Å². The summed E-state index contributed by atoms with van der Waals surface area (Å²) in [6.07, 6.45) is 14.5. The fourth-order valence-electron chi connectivity index (χ4n) is 8.35. The molecule has 2 aliphatic carbocycles. The molecule has 6 atom stereocenters. The fraction of sp³-hybridized carbons (Fsp3) is 0.486. The van der Waals surface area contributed by atoms with Crippen LogP contribution in [-0.2, 0) is 32.2 Å². The zero-order valence-corrected chi connectivity index (χ0v) is 29.3. The molecule has 254 valence electrons. The predicted octanol–water partition coefficient (Wildman–Crippen LogP) is 6.22. The average Bonchev–Trinajstić information content (AvgIpc) is 3.22. The predicted molar refractivity (Wildman–Crippen MR) is 186 cm³/mol. The second-order valence-electron chi connectivity index (χ2n) is 14.1. The summed E-state index contributed by atoms with van der Waals surface area (Å²) in [5.74, 6) is 0.0903. The van der Waals surface area contributed by atoms with Crippen molar-refractivity contribution in [3.63, 3.8) is 0 Å². The minimum absolute atomic E-state index is 0.0901. The van der Waals surface area contributed by atoms with Gasteiger partial charge in [0.2, 0.25) is 10.0 Å². The SMILES string of the molecule is CO[C@@]1(c2cnccn2)/C=C/C[C@H](C)[C@@H](C)S(=O)(=O)NC(=O)c2ccc3c(c2)N(C[C@@H]2CC[C@H]21)C[C@@]1(CCCc2cc(Cl)ccc21)CO3. The Morgan fingerprint density at radius 2 is 1.98 bits per heavy atom. The Bertz CT molecular complexity index is 1840. The van der Waals surface area contributed by atoms with E-state index in [0.717, 1.165) is 48.5 Å². The van der Waals surface area contributed by atoms with E-state index in [-0.39, 0.29) is 28.7 Å². The lowest BCUT2D eigenvalue weighted by atomic mass is 9.63. The van der Waals surface area contributed by atoms with Crippen molar-refractivity contribution in [1.29, 1.82) is 0 Å². The summed E-state index contributed by atoms with van der Waals surface area (Å²) in [5.41, 5.74) is 3.16. The highest BCUT2D eigenvalue weighted by molar-refractivity contribution is 7.90. The molecule has 2 aliphatic heterocycles. The van der Waals surface area contributed by atoms with Gasteiger partial charge in [-0.05, 0) is 98.7 Å². The fourth-order valence-corrected chi connectivity index (χ4v) is 9.83. The first-order chi connectivity index (χ1) is 23.0. The Labute approximate surface area is 288 Å². The van der Waals surface area contributed by atoms with Crippen LogP contribution in [0.1, 0.15) is 73.1 Å². The maximum absolute atomic E-state index is 13.5. The molecule has 1 amide bonds. The number of fused-ring (bicyclic) bond motifs is 4. The molecule has 11 heteroatoms. The molecule has 3 aromatic rings. The summed E-state index contributed by atoms with van der Waals surface area (Å²) in [4.78, 5) is 25.0. The number of anilines is 1. The molecule has 1 fully saturated rings. The first kappa shape index (κ1) is 33.0. The summed E-state index contributed by atoms with van der Waals surface area (Å²) in [5, 5.41) is -0.0856. The van der Waals surface area contributed by atoms with Crippen LogP contribution in [0.15, 0.2) is 67.1 Å². The van der Waals surface area contributed by atoms with Crippen LogP contribution in [0.2, 0.25) is 5.02 Å². The first-order valence-corrected chi connectivity index (χ1v) is 18.8. The van der Waals surface area contributed by atoms with Crippen LogP contribution in [0.3, 0.4) is 0 Å². The van der Waals surface area contributed by atoms with E-state index in [0.29, 0.717) is 31.9 Å². The number of nitrogens with one attached hydrogen (secondary N) is 1. The lowest BCUT2D eigenvalue weighted by molar-refractivity contribution is -0.0833. The number of carbonyl (C=O) groups excluding carboxylic acids is 1. The molecule has 4 aliphatic rings. The van der Waals surface area contributed by atoms with E-state index in [2.05, 4.69) is 32.8 Å².